The van der Waals surface area contributed by atoms with Gasteiger partial charge in [0.15, 0.2) is 0 Å². The second kappa shape index (κ2) is 3.77. The van der Waals surface area contributed by atoms with E-state index in [1.54, 1.807) is 24.3 Å². The second-order valence-electron chi connectivity index (χ2n) is 2.80. The van der Waals surface area contributed by atoms with Gasteiger partial charge in [-0.2, -0.15) is 0 Å². The Morgan fingerprint density at radius 3 is 2.46 bits per heavy atom. The Bertz CT molecular complexity index is 298. The molecule has 0 heterocycles. The topological polar surface area (TPSA) is 63.3 Å². The highest BCUT2D eigenvalue weighted by atomic mass is 35.5. The molecule has 0 aliphatic heterocycles. The Balaban J connectivity index is 2.87. The molecule has 0 saturated carbocycles. The first-order valence-corrected chi connectivity index (χ1v) is 4.15. The number of hydrogen-bond donors (Lipinski definition) is 2. The molecule has 0 aromatic heterocycles. The zero-order valence-electron chi connectivity index (χ0n) is 6.90. The van der Waals surface area contributed by atoms with Gasteiger partial charge in [-0.1, -0.05) is 41.9 Å². The molecule has 0 spiro atoms. The predicted octanol–water partition coefficient (Wildman–Crippen LogP) is 1.51. The fourth-order valence-electron chi connectivity index (χ4n) is 1.04. The molecule has 1 aromatic rings. The number of carboxylic acid groups (broad SMARTS) is 1. The normalized spacial score (nSPS) is 14.9. The molecule has 1 atom stereocenters. The zero-order chi connectivity index (χ0) is 9.90. The van der Waals surface area contributed by atoms with E-state index in [-0.39, 0.29) is 6.42 Å². The van der Waals surface area contributed by atoms with E-state index >= 15 is 0 Å². The van der Waals surface area contributed by atoms with Crippen LogP contribution in [0.25, 0.3) is 0 Å². The summed E-state index contributed by atoms with van der Waals surface area (Å²) >= 11 is 5.85. The van der Waals surface area contributed by atoms with Crippen molar-refractivity contribution in [2.75, 3.05) is 0 Å². The summed E-state index contributed by atoms with van der Waals surface area (Å²) in [6.45, 7) is 0. The van der Waals surface area contributed by atoms with Crippen molar-refractivity contribution < 1.29 is 9.90 Å². The minimum atomic E-state index is -1.31. The van der Waals surface area contributed by atoms with Crippen molar-refractivity contribution in [1.82, 2.24) is 0 Å². The van der Waals surface area contributed by atoms with Crippen LogP contribution in [0.5, 0.6) is 0 Å². The van der Waals surface area contributed by atoms with Gasteiger partial charge >= 0.3 is 5.97 Å². The maximum Gasteiger partial charge on any atom is 0.306 e. The molecular formula is C9H10ClNO2. The van der Waals surface area contributed by atoms with Crippen LogP contribution < -0.4 is 5.73 Å². The lowest BCUT2D eigenvalue weighted by molar-refractivity contribution is -0.137. The van der Waals surface area contributed by atoms with Gasteiger partial charge in [-0.15, -0.1) is 0 Å². The smallest absolute Gasteiger partial charge is 0.306 e. The van der Waals surface area contributed by atoms with Crippen molar-refractivity contribution in [3.8, 4) is 0 Å². The van der Waals surface area contributed by atoms with Gasteiger partial charge in [0.2, 0.25) is 0 Å². The van der Waals surface area contributed by atoms with Crippen molar-refractivity contribution >= 4 is 17.6 Å². The minimum Gasteiger partial charge on any atom is -0.481 e. The Morgan fingerprint density at radius 1 is 1.46 bits per heavy atom. The molecule has 1 aromatic carbocycles. The van der Waals surface area contributed by atoms with Crippen molar-refractivity contribution in [2.24, 2.45) is 5.73 Å². The number of nitrogens with two attached hydrogens (primary N) is 1. The summed E-state index contributed by atoms with van der Waals surface area (Å²) in [5.74, 6) is -1.01. The summed E-state index contributed by atoms with van der Waals surface area (Å²) in [7, 11) is 0. The third-order valence-corrected chi connectivity index (χ3v) is 2.01. The van der Waals surface area contributed by atoms with Gasteiger partial charge in [-0.25, -0.2) is 0 Å². The lowest BCUT2D eigenvalue weighted by Crippen LogP contribution is -2.32. The fourth-order valence-corrected chi connectivity index (χ4v) is 1.28. The van der Waals surface area contributed by atoms with E-state index in [1.807, 2.05) is 6.07 Å². The van der Waals surface area contributed by atoms with Gasteiger partial charge in [-0.3, -0.25) is 4.79 Å². The van der Waals surface area contributed by atoms with Crippen LogP contribution in [-0.2, 0) is 9.79 Å². The van der Waals surface area contributed by atoms with Crippen LogP contribution in [0.4, 0.5) is 0 Å². The third kappa shape index (κ3) is 2.72. The maximum atomic E-state index is 10.4. The van der Waals surface area contributed by atoms with Crippen LogP contribution in [0.15, 0.2) is 30.3 Å². The highest BCUT2D eigenvalue weighted by Gasteiger charge is 2.26. The molecule has 0 radical (unpaired) electrons. The van der Waals surface area contributed by atoms with Crippen LogP contribution in [0.2, 0.25) is 0 Å². The lowest BCUT2D eigenvalue weighted by Gasteiger charge is -2.19. The molecule has 0 amide bonds. The molecule has 70 valence electrons. The molecule has 0 fully saturated rings. The molecule has 0 unspecified atom stereocenters. The van der Waals surface area contributed by atoms with E-state index in [0.29, 0.717) is 5.56 Å². The number of carboxylic acids is 1. The van der Waals surface area contributed by atoms with Gasteiger partial charge in [0.1, 0.15) is 5.00 Å². The van der Waals surface area contributed by atoms with Gasteiger partial charge in [0.05, 0.1) is 6.42 Å². The Hall–Kier alpha value is -1.06. The fraction of sp³-hybridized carbons (Fsp3) is 0.222. The number of hydrogen-bond acceptors (Lipinski definition) is 2. The zero-order valence-corrected chi connectivity index (χ0v) is 7.66. The monoisotopic (exact) mass is 199 g/mol. The number of carbonyl (C=O) groups is 1. The predicted molar refractivity (Wildman–Crippen MR) is 50.4 cm³/mol. The average molecular weight is 200 g/mol. The SMILES string of the molecule is N[C@](Cl)(CC(=O)O)c1ccccc1. The number of benzene rings is 1. The molecule has 3 nitrogen and oxygen atoms in total. The molecule has 13 heavy (non-hydrogen) atoms. The van der Waals surface area contributed by atoms with Crippen LogP contribution in [0.3, 0.4) is 0 Å². The van der Waals surface area contributed by atoms with Gasteiger partial charge in [0.25, 0.3) is 0 Å². The van der Waals surface area contributed by atoms with Gasteiger partial charge < -0.3 is 10.8 Å². The molecule has 0 aliphatic carbocycles. The van der Waals surface area contributed by atoms with Crippen molar-refractivity contribution in [2.45, 2.75) is 11.4 Å². The highest BCUT2D eigenvalue weighted by molar-refractivity contribution is 6.24. The van der Waals surface area contributed by atoms with Gasteiger partial charge in [-0.05, 0) is 5.56 Å². The van der Waals surface area contributed by atoms with Crippen LogP contribution in [-0.4, -0.2) is 11.1 Å². The third-order valence-electron chi connectivity index (χ3n) is 1.66. The van der Waals surface area contributed by atoms with Gasteiger partial charge in [0, 0.05) is 0 Å². The van der Waals surface area contributed by atoms with E-state index < -0.39 is 11.0 Å². The molecule has 3 N–H and O–H groups in total. The van der Waals surface area contributed by atoms with Crippen LogP contribution in [0, 0.1) is 0 Å². The Labute approximate surface area is 81.1 Å². The van der Waals surface area contributed by atoms with E-state index in [2.05, 4.69) is 0 Å². The molecule has 1 rings (SSSR count). The van der Waals surface area contributed by atoms with E-state index in [9.17, 15) is 4.79 Å². The number of aliphatic carboxylic acids is 1. The van der Waals surface area contributed by atoms with E-state index in [1.165, 1.54) is 0 Å². The standard InChI is InChI=1S/C9H10ClNO2/c10-9(11,6-8(12)13)7-4-2-1-3-5-7/h1-5H,6,11H2,(H,12,13)/t9-/m1/s1. The summed E-state index contributed by atoms with van der Waals surface area (Å²) in [4.78, 5) is 9.11. The van der Waals surface area contributed by atoms with E-state index in [4.69, 9.17) is 22.4 Å². The van der Waals surface area contributed by atoms with Crippen LogP contribution in [0.1, 0.15) is 12.0 Å². The Kier molecular flexibility index (Phi) is 2.90. The summed E-state index contributed by atoms with van der Waals surface area (Å²) in [5.41, 5.74) is 6.23. The molecule has 0 bridgehead atoms. The molecular weight excluding hydrogens is 190 g/mol. The molecule has 0 saturated heterocycles. The lowest BCUT2D eigenvalue weighted by atomic mass is 10.0. The second-order valence-corrected chi connectivity index (χ2v) is 3.47. The average Bonchev–Trinajstić information content (AvgIpc) is 2.04. The first-order chi connectivity index (χ1) is 6.02. The number of halogens is 1. The van der Waals surface area contributed by atoms with Crippen LogP contribution >= 0.6 is 11.6 Å². The number of rotatable bonds is 3. The minimum absolute atomic E-state index is 0.293. The summed E-state index contributed by atoms with van der Waals surface area (Å²) in [6.07, 6.45) is -0.293. The Morgan fingerprint density at radius 2 is 2.00 bits per heavy atom. The number of alkyl halides is 1. The highest BCUT2D eigenvalue weighted by Crippen LogP contribution is 2.26. The van der Waals surface area contributed by atoms with E-state index in [0.717, 1.165) is 0 Å². The maximum absolute atomic E-state index is 10.4. The first kappa shape index (κ1) is 10.0. The van der Waals surface area contributed by atoms with Crippen molar-refractivity contribution in [1.29, 1.82) is 0 Å². The summed E-state index contributed by atoms with van der Waals surface area (Å²) in [5, 5.41) is 8.55. The largest absolute Gasteiger partial charge is 0.481 e. The van der Waals surface area contributed by atoms with Crippen molar-refractivity contribution in [3.63, 3.8) is 0 Å². The molecule has 0 aliphatic rings. The molecule has 4 heteroatoms. The van der Waals surface area contributed by atoms with Crippen molar-refractivity contribution in [3.05, 3.63) is 35.9 Å². The first-order valence-electron chi connectivity index (χ1n) is 3.77. The summed E-state index contributed by atoms with van der Waals surface area (Å²) < 4.78 is 0. The summed E-state index contributed by atoms with van der Waals surface area (Å²) in [6, 6.07) is 8.76. The quantitative estimate of drug-likeness (QED) is 0.573.